The van der Waals surface area contributed by atoms with Gasteiger partial charge in [0.25, 0.3) is 0 Å². The van der Waals surface area contributed by atoms with Crippen LogP contribution >= 0.6 is 0 Å². The maximum absolute atomic E-state index is 12.8. The van der Waals surface area contributed by atoms with E-state index in [1.165, 1.54) is 0 Å². The van der Waals surface area contributed by atoms with Crippen molar-refractivity contribution in [2.45, 2.75) is 12.8 Å². The molecule has 2 aromatic carbocycles. The number of hydrogen-bond donors (Lipinski definition) is 0. The molecule has 1 aliphatic carbocycles. The third-order valence-corrected chi connectivity index (χ3v) is 6.05. The van der Waals surface area contributed by atoms with Gasteiger partial charge >= 0.3 is 0 Å². The molecule has 3 aromatic rings. The highest BCUT2D eigenvalue weighted by Gasteiger charge is 2.34. The summed E-state index contributed by atoms with van der Waals surface area (Å²) in [5.41, 5.74) is 3.68. The molecule has 2 heterocycles. The Labute approximate surface area is 187 Å². The molecule has 1 aromatic heterocycles. The van der Waals surface area contributed by atoms with Crippen LogP contribution < -0.4 is 0 Å². The van der Waals surface area contributed by atoms with E-state index < -0.39 is 0 Å². The van der Waals surface area contributed by atoms with Gasteiger partial charge in [0, 0.05) is 55.5 Å². The largest absolute Gasteiger partial charge is 0.339 e. The van der Waals surface area contributed by atoms with E-state index in [-0.39, 0.29) is 17.7 Å². The monoisotopic (exact) mass is 426 g/mol. The van der Waals surface area contributed by atoms with E-state index in [0.29, 0.717) is 26.2 Å². The molecule has 0 radical (unpaired) electrons. The van der Waals surface area contributed by atoms with Gasteiger partial charge in [0.1, 0.15) is 0 Å². The molecule has 162 valence electrons. The van der Waals surface area contributed by atoms with E-state index in [1.807, 2.05) is 87.4 Å². The fourth-order valence-electron chi connectivity index (χ4n) is 4.04. The van der Waals surface area contributed by atoms with Crippen LogP contribution in [0.2, 0.25) is 0 Å². The fraction of sp³-hybridized carbons (Fsp3) is 0.269. The van der Waals surface area contributed by atoms with Crippen molar-refractivity contribution in [3.8, 4) is 16.9 Å². The van der Waals surface area contributed by atoms with Gasteiger partial charge in [-0.3, -0.25) is 9.59 Å². The minimum atomic E-state index is -0.0324. The number of amides is 2. The van der Waals surface area contributed by atoms with Crippen LogP contribution in [0.3, 0.4) is 0 Å². The smallest absolute Gasteiger partial charge is 0.246 e. The number of hydrogen-bond acceptors (Lipinski definition) is 3. The topological polar surface area (TPSA) is 58.4 Å². The highest BCUT2D eigenvalue weighted by Crippen LogP contribution is 2.31. The minimum absolute atomic E-state index is 0.0324. The van der Waals surface area contributed by atoms with Crippen LogP contribution in [0.25, 0.3) is 23.0 Å². The van der Waals surface area contributed by atoms with Crippen molar-refractivity contribution in [2.24, 2.45) is 5.92 Å². The summed E-state index contributed by atoms with van der Waals surface area (Å²) in [7, 11) is 0. The van der Waals surface area contributed by atoms with Gasteiger partial charge in [-0.2, -0.15) is 5.10 Å². The molecule has 0 unspecified atom stereocenters. The molecule has 2 fully saturated rings. The number of nitrogens with zero attached hydrogens (tertiary/aromatic N) is 4. The first-order valence-corrected chi connectivity index (χ1v) is 11.2. The lowest BCUT2D eigenvalue weighted by Gasteiger charge is -2.34. The molecule has 0 spiro atoms. The summed E-state index contributed by atoms with van der Waals surface area (Å²) in [5, 5.41) is 4.79. The third kappa shape index (κ3) is 4.35. The highest BCUT2D eigenvalue weighted by molar-refractivity contribution is 5.93. The van der Waals surface area contributed by atoms with Crippen molar-refractivity contribution in [1.82, 2.24) is 19.6 Å². The van der Waals surface area contributed by atoms with Crippen molar-refractivity contribution in [3.63, 3.8) is 0 Å². The Balaban J connectivity index is 1.33. The van der Waals surface area contributed by atoms with Crippen molar-refractivity contribution >= 4 is 17.9 Å². The Morgan fingerprint density at radius 2 is 1.47 bits per heavy atom. The van der Waals surface area contributed by atoms with Gasteiger partial charge in [-0.25, -0.2) is 4.68 Å². The van der Waals surface area contributed by atoms with Gasteiger partial charge in [-0.15, -0.1) is 0 Å². The van der Waals surface area contributed by atoms with Crippen molar-refractivity contribution in [2.75, 3.05) is 26.2 Å². The van der Waals surface area contributed by atoms with E-state index >= 15 is 0 Å². The number of carbonyl (C=O) groups excluding carboxylic acids is 2. The summed E-state index contributed by atoms with van der Waals surface area (Å²) in [6.45, 7) is 2.40. The van der Waals surface area contributed by atoms with E-state index in [2.05, 4.69) is 0 Å². The summed E-state index contributed by atoms with van der Waals surface area (Å²) in [6.07, 6.45) is 7.45. The van der Waals surface area contributed by atoms with Crippen molar-refractivity contribution in [1.29, 1.82) is 0 Å². The van der Waals surface area contributed by atoms with Crippen molar-refractivity contribution < 1.29 is 9.59 Å². The summed E-state index contributed by atoms with van der Waals surface area (Å²) < 4.78 is 1.84. The molecule has 5 rings (SSSR count). The van der Waals surface area contributed by atoms with Crippen LogP contribution in [0, 0.1) is 5.92 Å². The van der Waals surface area contributed by atoms with Crippen LogP contribution in [0.4, 0.5) is 0 Å². The Bertz CT molecular complexity index is 1130. The van der Waals surface area contributed by atoms with Crippen LogP contribution in [-0.4, -0.2) is 57.6 Å². The Kier molecular flexibility index (Phi) is 5.58. The molecule has 6 heteroatoms. The van der Waals surface area contributed by atoms with Crippen molar-refractivity contribution in [3.05, 3.63) is 78.5 Å². The van der Waals surface area contributed by atoms with Gasteiger partial charge in [0.05, 0.1) is 11.4 Å². The molecule has 32 heavy (non-hydrogen) atoms. The predicted octanol–water partition coefficient (Wildman–Crippen LogP) is 3.63. The third-order valence-electron chi connectivity index (χ3n) is 6.05. The minimum Gasteiger partial charge on any atom is -0.339 e. The molecule has 6 nitrogen and oxygen atoms in total. The summed E-state index contributed by atoms with van der Waals surface area (Å²) in [4.78, 5) is 28.8. The normalized spacial score (nSPS) is 16.5. The first-order chi connectivity index (χ1) is 15.7. The van der Waals surface area contributed by atoms with Gasteiger partial charge in [-0.05, 0) is 31.1 Å². The van der Waals surface area contributed by atoms with Crippen LogP contribution in [0.15, 0.2) is 72.9 Å². The van der Waals surface area contributed by atoms with E-state index in [4.69, 9.17) is 5.10 Å². The predicted molar refractivity (Wildman–Crippen MR) is 124 cm³/mol. The zero-order valence-electron chi connectivity index (χ0n) is 17.9. The first-order valence-electron chi connectivity index (χ1n) is 11.2. The molecule has 1 aliphatic heterocycles. The average Bonchev–Trinajstić information content (AvgIpc) is 3.62. The second-order valence-corrected chi connectivity index (χ2v) is 8.34. The molecule has 1 saturated heterocycles. The highest BCUT2D eigenvalue weighted by atomic mass is 16.2. The summed E-state index contributed by atoms with van der Waals surface area (Å²) in [5.74, 6) is 0.457. The maximum atomic E-state index is 12.8. The first kappa shape index (κ1) is 20.2. The van der Waals surface area contributed by atoms with Gasteiger partial charge in [0.15, 0.2) is 0 Å². The molecule has 0 atom stereocenters. The van der Waals surface area contributed by atoms with E-state index in [1.54, 1.807) is 6.08 Å². The zero-order valence-corrected chi connectivity index (χ0v) is 17.9. The molecule has 0 bridgehead atoms. The van der Waals surface area contributed by atoms with Crippen LogP contribution in [0.1, 0.15) is 18.4 Å². The standard InChI is InChI=1S/C26H26N4O2/c31-24(28-15-17-29(18-16-28)26(32)21-11-12-21)14-13-22-19-30(23-9-5-2-6-10-23)27-25(22)20-7-3-1-4-8-20/h1-10,13-14,19,21H,11-12,15-18H2/b14-13+. The number of carbonyl (C=O) groups is 2. The van der Waals surface area contributed by atoms with E-state index in [9.17, 15) is 9.59 Å². The second-order valence-electron chi connectivity index (χ2n) is 8.34. The average molecular weight is 427 g/mol. The molecular weight excluding hydrogens is 400 g/mol. The van der Waals surface area contributed by atoms with Gasteiger partial charge in [-0.1, -0.05) is 48.5 Å². The number of para-hydroxylation sites is 1. The lowest BCUT2D eigenvalue weighted by molar-refractivity contribution is -0.138. The number of aromatic nitrogens is 2. The number of rotatable bonds is 5. The number of benzene rings is 2. The molecule has 0 N–H and O–H groups in total. The molecule has 2 aliphatic rings. The quantitative estimate of drug-likeness (QED) is 0.586. The van der Waals surface area contributed by atoms with Crippen LogP contribution in [0.5, 0.6) is 0 Å². The van der Waals surface area contributed by atoms with Gasteiger partial charge < -0.3 is 9.80 Å². The maximum Gasteiger partial charge on any atom is 0.246 e. The summed E-state index contributed by atoms with van der Waals surface area (Å²) >= 11 is 0. The van der Waals surface area contributed by atoms with Gasteiger partial charge in [0.2, 0.25) is 11.8 Å². The lowest BCUT2D eigenvalue weighted by Crippen LogP contribution is -2.50. The Morgan fingerprint density at radius 3 is 2.12 bits per heavy atom. The summed E-state index contributed by atoms with van der Waals surface area (Å²) in [6, 6.07) is 19.9. The molecular formula is C26H26N4O2. The fourth-order valence-corrected chi connectivity index (χ4v) is 4.04. The zero-order chi connectivity index (χ0) is 21.9. The second kappa shape index (κ2) is 8.83. The molecule has 2 amide bonds. The SMILES string of the molecule is O=C(/C=C/c1cn(-c2ccccc2)nc1-c1ccccc1)N1CCN(C(=O)C2CC2)CC1. The van der Waals surface area contributed by atoms with Crippen LogP contribution in [-0.2, 0) is 9.59 Å². The lowest BCUT2D eigenvalue weighted by atomic mass is 10.1. The van der Waals surface area contributed by atoms with E-state index in [0.717, 1.165) is 35.3 Å². The Morgan fingerprint density at radius 1 is 0.844 bits per heavy atom. The number of piperazine rings is 1. The Hall–Kier alpha value is -3.67. The molecule has 1 saturated carbocycles.